The van der Waals surface area contributed by atoms with Crippen molar-refractivity contribution in [1.29, 1.82) is 0 Å². The molecule has 0 spiro atoms. The number of hydrogen-bond acceptors (Lipinski definition) is 4. The van der Waals surface area contributed by atoms with Gasteiger partial charge in [-0.15, -0.1) is 0 Å². The second kappa shape index (κ2) is 8.31. The standard InChI is InChI=1S/C17H18ClN3O4S/c1-26(24,25)21(10-12-2-6-14(18)7-3-12)11-16(22)20-15-8-4-13(5-9-15)17(19)23/h2-9H,10-11H2,1H3,(H2,19,23)(H,20,22). The molecular formula is C17H18ClN3O4S. The van der Waals surface area contributed by atoms with Crippen LogP contribution in [0.3, 0.4) is 0 Å². The molecule has 0 saturated heterocycles. The molecule has 0 unspecified atom stereocenters. The minimum atomic E-state index is -3.60. The van der Waals surface area contributed by atoms with Gasteiger partial charge in [-0.3, -0.25) is 9.59 Å². The van der Waals surface area contributed by atoms with E-state index in [2.05, 4.69) is 5.32 Å². The van der Waals surface area contributed by atoms with Gasteiger partial charge in [0.2, 0.25) is 21.8 Å². The van der Waals surface area contributed by atoms with Crippen molar-refractivity contribution >= 4 is 39.1 Å². The molecule has 0 aliphatic heterocycles. The van der Waals surface area contributed by atoms with E-state index in [0.29, 0.717) is 21.8 Å². The molecule has 0 fully saturated rings. The lowest BCUT2D eigenvalue weighted by atomic mass is 10.2. The summed E-state index contributed by atoms with van der Waals surface area (Å²) >= 11 is 5.82. The van der Waals surface area contributed by atoms with Crippen LogP contribution < -0.4 is 11.1 Å². The Hall–Kier alpha value is -2.42. The molecule has 0 saturated carbocycles. The fourth-order valence-corrected chi connectivity index (χ4v) is 3.02. The van der Waals surface area contributed by atoms with Crippen LogP contribution in [-0.2, 0) is 21.4 Å². The third kappa shape index (κ3) is 5.83. The first kappa shape index (κ1) is 19.9. The molecule has 0 atom stereocenters. The van der Waals surface area contributed by atoms with Crippen LogP contribution in [0.5, 0.6) is 0 Å². The Labute approximate surface area is 156 Å². The molecule has 0 aliphatic carbocycles. The molecule has 26 heavy (non-hydrogen) atoms. The molecule has 0 radical (unpaired) electrons. The lowest BCUT2D eigenvalue weighted by molar-refractivity contribution is -0.116. The second-order valence-electron chi connectivity index (χ2n) is 5.65. The molecule has 0 aromatic heterocycles. The molecule has 2 aromatic carbocycles. The van der Waals surface area contributed by atoms with Crippen molar-refractivity contribution in [3.05, 3.63) is 64.7 Å². The zero-order valence-corrected chi connectivity index (χ0v) is 15.5. The molecule has 0 heterocycles. The minimum Gasteiger partial charge on any atom is -0.366 e. The topological polar surface area (TPSA) is 110 Å². The first-order chi connectivity index (χ1) is 12.1. The fraction of sp³-hybridized carbons (Fsp3) is 0.176. The number of nitrogens with one attached hydrogen (secondary N) is 1. The molecule has 7 nitrogen and oxygen atoms in total. The summed E-state index contributed by atoms with van der Waals surface area (Å²) in [5.41, 5.74) is 6.60. The maximum absolute atomic E-state index is 12.2. The van der Waals surface area contributed by atoms with Gasteiger partial charge in [0.15, 0.2) is 0 Å². The van der Waals surface area contributed by atoms with Gasteiger partial charge < -0.3 is 11.1 Å². The van der Waals surface area contributed by atoms with E-state index in [0.717, 1.165) is 10.6 Å². The van der Waals surface area contributed by atoms with Crippen LogP contribution in [-0.4, -0.2) is 37.3 Å². The molecule has 2 aromatic rings. The summed E-state index contributed by atoms with van der Waals surface area (Å²) in [6.07, 6.45) is 1.04. The van der Waals surface area contributed by atoms with Crippen molar-refractivity contribution in [2.75, 3.05) is 18.1 Å². The summed E-state index contributed by atoms with van der Waals surface area (Å²) in [7, 11) is -3.60. The van der Waals surface area contributed by atoms with Gasteiger partial charge >= 0.3 is 0 Å². The van der Waals surface area contributed by atoms with Crippen LogP contribution >= 0.6 is 11.6 Å². The van der Waals surface area contributed by atoms with Crippen molar-refractivity contribution in [3.63, 3.8) is 0 Å². The Bertz CT molecular complexity index is 897. The van der Waals surface area contributed by atoms with E-state index < -0.39 is 21.8 Å². The minimum absolute atomic E-state index is 0.0457. The van der Waals surface area contributed by atoms with E-state index in [1.807, 2.05) is 0 Å². The first-order valence-corrected chi connectivity index (χ1v) is 9.77. The summed E-state index contributed by atoms with van der Waals surface area (Å²) in [5, 5.41) is 3.13. The highest BCUT2D eigenvalue weighted by Crippen LogP contribution is 2.14. The lowest BCUT2D eigenvalue weighted by Gasteiger charge is -2.19. The predicted molar refractivity (Wildman–Crippen MR) is 100 cm³/mol. The summed E-state index contributed by atoms with van der Waals surface area (Å²) in [4.78, 5) is 23.2. The van der Waals surface area contributed by atoms with Crippen LogP contribution in [0, 0.1) is 0 Å². The summed E-state index contributed by atoms with van der Waals surface area (Å²) in [6.45, 7) is -0.303. The summed E-state index contributed by atoms with van der Waals surface area (Å²) < 4.78 is 25.0. The van der Waals surface area contributed by atoms with Gasteiger partial charge in [-0.25, -0.2) is 8.42 Å². The molecule has 3 N–H and O–H groups in total. The van der Waals surface area contributed by atoms with Crippen molar-refractivity contribution < 1.29 is 18.0 Å². The maximum Gasteiger partial charge on any atom is 0.248 e. The number of hydrogen-bond donors (Lipinski definition) is 2. The molecule has 138 valence electrons. The number of rotatable bonds is 7. The summed E-state index contributed by atoms with van der Waals surface area (Å²) in [5.74, 6) is -1.08. The highest BCUT2D eigenvalue weighted by molar-refractivity contribution is 7.88. The first-order valence-electron chi connectivity index (χ1n) is 7.54. The zero-order valence-electron chi connectivity index (χ0n) is 14.0. The predicted octanol–water partition coefficient (Wildman–Crippen LogP) is 1.84. The smallest absolute Gasteiger partial charge is 0.248 e. The number of carbonyl (C=O) groups is 2. The lowest BCUT2D eigenvalue weighted by Crippen LogP contribution is -2.36. The molecular weight excluding hydrogens is 378 g/mol. The Morgan fingerprint density at radius 1 is 1.08 bits per heavy atom. The number of amides is 2. The Morgan fingerprint density at radius 3 is 2.15 bits per heavy atom. The number of benzene rings is 2. The molecule has 0 aliphatic rings. The second-order valence-corrected chi connectivity index (χ2v) is 8.07. The van der Waals surface area contributed by atoms with Gasteiger partial charge in [0, 0.05) is 22.8 Å². The normalized spacial score (nSPS) is 11.3. The van der Waals surface area contributed by atoms with Crippen molar-refractivity contribution in [3.8, 4) is 0 Å². The van der Waals surface area contributed by atoms with Gasteiger partial charge in [-0.1, -0.05) is 23.7 Å². The number of primary amides is 1. The van der Waals surface area contributed by atoms with Crippen LogP contribution in [0.25, 0.3) is 0 Å². The maximum atomic E-state index is 12.2. The van der Waals surface area contributed by atoms with Gasteiger partial charge in [0.1, 0.15) is 0 Å². The number of nitrogens with zero attached hydrogens (tertiary/aromatic N) is 1. The molecule has 9 heteroatoms. The van der Waals surface area contributed by atoms with E-state index in [1.165, 1.54) is 24.3 Å². The summed E-state index contributed by atoms with van der Waals surface area (Å²) in [6, 6.07) is 12.7. The van der Waals surface area contributed by atoms with E-state index in [-0.39, 0.29) is 13.1 Å². The van der Waals surface area contributed by atoms with Gasteiger partial charge in [-0.2, -0.15) is 4.31 Å². The quantitative estimate of drug-likeness (QED) is 0.745. The van der Waals surface area contributed by atoms with Gasteiger partial charge in [-0.05, 0) is 42.0 Å². The van der Waals surface area contributed by atoms with E-state index >= 15 is 0 Å². The van der Waals surface area contributed by atoms with Crippen molar-refractivity contribution in [2.45, 2.75) is 6.54 Å². The van der Waals surface area contributed by atoms with Crippen LogP contribution in [0.2, 0.25) is 5.02 Å². The van der Waals surface area contributed by atoms with Gasteiger partial charge in [0.05, 0.1) is 12.8 Å². The monoisotopic (exact) mass is 395 g/mol. The van der Waals surface area contributed by atoms with Crippen LogP contribution in [0.1, 0.15) is 15.9 Å². The SMILES string of the molecule is CS(=O)(=O)N(CC(=O)Nc1ccc(C(N)=O)cc1)Cc1ccc(Cl)cc1. The highest BCUT2D eigenvalue weighted by Gasteiger charge is 2.20. The van der Waals surface area contributed by atoms with E-state index in [9.17, 15) is 18.0 Å². The number of carbonyl (C=O) groups excluding carboxylic acids is 2. The number of nitrogens with two attached hydrogens (primary N) is 1. The van der Waals surface area contributed by atoms with Gasteiger partial charge in [0.25, 0.3) is 0 Å². The Kier molecular flexibility index (Phi) is 6.36. The third-order valence-electron chi connectivity index (χ3n) is 3.51. The molecule has 2 rings (SSSR count). The Morgan fingerprint density at radius 2 is 1.65 bits per heavy atom. The fourth-order valence-electron chi connectivity index (χ4n) is 2.16. The average molecular weight is 396 g/mol. The zero-order chi connectivity index (χ0) is 19.3. The third-order valence-corrected chi connectivity index (χ3v) is 4.96. The number of anilines is 1. The number of halogens is 1. The highest BCUT2D eigenvalue weighted by atomic mass is 35.5. The molecule has 2 amide bonds. The van der Waals surface area contributed by atoms with Crippen molar-refractivity contribution in [1.82, 2.24) is 4.31 Å². The van der Waals surface area contributed by atoms with E-state index in [1.54, 1.807) is 24.3 Å². The Balaban J connectivity index is 2.06. The number of sulfonamides is 1. The average Bonchev–Trinajstić information content (AvgIpc) is 2.56. The largest absolute Gasteiger partial charge is 0.366 e. The van der Waals surface area contributed by atoms with Crippen LogP contribution in [0.15, 0.2) is 48.5 Å². The molecule has 0 bridgehead atoms. The van der Waals surface area contributed by atoms with E-state index in [4.69, 9.17) is 17.3 Å². The van der Waals surface area contributed by atoms with Crippen molar-refractivity contribution in [2.24, 2.45) is 5.73 Å². The van der Waals surface area contributed by atoms with Crippen LogP contribution in [0.4, 0.5) is 5.69 Å².